The van der Waals surface area contributed by atoms with Gasteiger partial charge in [0.25, 0.3) is 0 Å². The molecule has 0 fully saturated rings. The normalized spacial score (nSPS) is 10.4. The monoisotopic (exact) mass is 233 g/mol. The van der Waals surface area contributed by atoms with Crippen molar-refractivity contribution in [2.24, 2.45) is 0 Å². The van der Waals surface area contributed by atoms with Crippen LogP contribution in [0.5, 0.6) is 0 Å². The van der Waals surface area contributed by atoms with E-state index in [1.54, 1.807) is 6.20 Å². The predicted molar refractivity (Wildman–Crippen MR) is 70.4 cm³/mol. The lowest BCUT2D eigenvalue weighted by molar-refractivity contribution is 1.12. The van der Waals surface area contributed by atoms with Crippen LogP contribution in [-0.2, 0) is 6.42 Å². The van der Waals surface area contributed by atoms with E-state index in [1.165, 1.54) is 16.9 Å². The maximum Gasteiger partial charge on any atom is 0.191 e. The van der Waals surface area contributed by atoms with Gasteiger partial charge in [-0.2, -0.15) is 0 Å². The number of aryl methyl sites for hydroxylation is 1. The van der Waals surface area contributed by atoms with Gasteiger partial charge in [-0.15, -0.1) is 0 Å². The zero-order chi connectivity index (χ0) is 11.5. The molecule has 0 atom stereocenters. The number of aromatic nitrogens is 1. The maximum atomic E-state index is 5.67. The molecule has 0 spiro atoms. The Bertz CT molecular complexity index is 461. The van der Waals surface area contributed by atoms with Crippen molar-refractivity contribution >= 4 is 27.2 Å². The van der Waals surface area contributed by atoms with E-state index in [2.05, 4.69) is 36.2 Å². The van der Waals surface area contributed by atoms with Crippen molar-refractivity contribution in [1.82, 2.24) is 4.98 Å². The Morgan fingerprint density at radius 1 is 1.31 bits per heavy atom. The van der Waals surface area contributed by atoms with Crippen molar-refractivity contribution in [3.63, 3.8) is 0 Å². The molecule has 0 bridgehead atoms. The number of thiazole rings is 1. The van der Waals surface area contributed by atoms with Crippen LogP contribution < -0.4 is 10.6 Å². The zero-order valence-electron chi connectivity index (χ0n) is 9.47. The molecule has 2 N–H and O–H groups in total. The first-order valence-corrected chi connectivity index (χ1v) is 6.06. The fourth-order valence-corrected chi connectivity index (χ4v) is 2.16. The Balaban J connectivity index is 2.23. The Hall–Kier alpha value is -1.55. The molecule has 1 aromatic heterocycles. The van der Waals surface area contributed by atoms with Crippen molar-refractivity contribution < 1.29 is 0 Å². The second-order valence-electron chi connectivity index (χ2n) is 3.62. The Morgan fingerprint density at radius 2 is 2.00 bits per heavy atom. The van der Waals surface area contributed by atoms with Crippen molar-refractivity contribution in [2.45, 2.75) is 13.3 Å². The molecule has 84 valence electrons. The molecule has 1 aromatic carbocycles. The standard InChI is InChI=1S/C12H15N3S/c1-3-9-4-6-10(7-5-9)15(2)12-14-8-11(13)16-12/h4-8H,3,13H2,1-2H3. The smallest absolute Gasteiger partial charge is 0.191 e. The predicted octanol–water partition coefficient (Wildman–Crippen LogP) is 3.06. The summed E-state index contributed by atoms with van der Waals surface area (Å²) in [6.07, 6.45) is 2.76. The number of rotatable bonds is 3. The average molecular weight is 233 g/mol. The third-order valence-corrected chi connectivity index (χ3v) is 3.43. The van der Waals surface area contributed by atoms with Gasteiger partial charge in [0.2, 0.25) is 0 Å². The summed E-state index contributed by atoms with van der Waals surface area (Å²) >= 11 is 1.49. The summed E-state index contributed by atoms with van der Waals surface area (Å²) in [5.41, 5.74) is 8.14. The van der Waals surface area contributed by atoms with Crippen LogP contribution in [0, 0.1) is 0 Å². The third-order valence-electron chi connectivity index (χ3n) is 2.53. The van der Waals surface area contributed by atoms with E-state index in [0.29, 0.717) is 0 Å². The highest BCUT2D eigenvalue weighted by molar-refractivity contribution is 7.19. The van der Waals surface area contributed by atoms with E-state index in [1.807, 2.05) is 11.9 Å². The maximum absolute atomic E-state index is 5.67. The van der Waals surface area contributed by atoms with Crippen molar-refractivity contribution in [3.8, 4) is 0 Å². The first kappa shape index (κ1) is 11.0. The molecular formula is C12H15N3S. The minimum absolute atomic E-state index is 0.743. The number of benzene rings is 1. The molecule has 1 heterocycles. The summed E-state index contributed by atoms with van der Waals surface area (Å²) in [6.45, 7) is 2.15. The van der Waals surface area contributed by atoms with Crippen molar-refractivity contribution in [1.29, 1.82) is 0 Å². The van der Waals surface area contributed by atoms with Gasteiger partial charge in [0.1, 0.15) is 5.00 Å². The quantitative estimate of drug-likeness (QED) is 0.886. The van der Waals surface area contributed by atoms with Gasteiger partial charge in [-0.1, -0.05) is 30.4 Å². The molecule has 2 aromatic rings. The highest BCUT2D eigenvalue weighted by Gasteiger charge is 2.07. The lowest BCUT2D eigenvalue weighted by Gasteiger charge is -2.15. The van der Waals surface area contributed by atoms with E-state index >= 15 is 0 Å². The number of nitrogen functional groups attached to an aromatic ring is 1. The number of anilines is 3. The van der Waals surface area contributed by atoms with E-state index in [4.69, 9.17) is 5.73 Å². The molecule has 0 saturated carbocycles. The van der Waals surface area contributed by atoms with Crippen molar-refractivity contribution in [3.05, 3.63) is 36.0 Å². The van der Waals surface area contributed by atoms with Crippen LogP contribution in [0.25, 0.3) is 0 Å². The molecule has 0 aliphatic heterocycles. The lowest BCUT2D eigenvalue weighted by atomic mass is 10.1. The molecule has 3 nitrogen and oxygen atoms in total. The fourth-order valence-electron chi connectivity index (χ4n) is 1.50. The van der Waals surface area contributed by atoms with E-state index < -0.39 is 0 Å². The van der Waals surface area contributed by atoms with Crippen LogP contribution in [0.1, 0.15) is 12.5 Å². The molecule has 0 aliphatic carbocycles. The Labute approximate surface area is 99.5 Å². The van der Waals surface area contributed by atoms with Gasteiger partial charge in [0, 0.05) is 12.7 Å². The van der Waals surface area contributed by atoms with Gasteiger partial charge in [0.05, 0.1) is 6.20 Å². The summed E-state index contributed by atoms with van der Waals surface area (Å²) in [5.74, 6) is 0. The molecule has 0 amide bonds. The molecule has 0 unspecified atom stereocenters. The summed E-state index contributed by atoms with van der Waals surface area (Å²) < 4.78 is 0. The molecule has 2 rings (SSSR count). The largest absolute Gasteiger partial charge is 0.389 e. The van der Waals surface area contributed by atoms with Gasteiger partial charge < -0.3 is 10.6 Å². The van der Waals surface area contributed by atoms with Crippen LogP contribution in [0.4, 0.5) is 15.8 Å². The van der Waals surface area contributed by atoms with Crippen LogP contribution >= 0.6 is 11.3 Å². The SMILES string of the molecule is CCc1ccc(N(C)c2ncc(N)s2)cc1. The molecule has 16 heavy (non-hydrogen) atoms. The Kier molecular flexibility index (Phi) is 3.10. The number of nitrogens with two attached hydrogens (primary N) is 1. The van der Waals surface area contributed by atoms with Crippen LogP contribution in [-0.4, -0.2) is 12.0 Å². The lowest BCUT2D eigenvalue weighted by Crippen LogP contribution is -2.08. The third kappa shape index (κ3) is 2.17. The second kappa shape index (κ2) is 4.53. The fraction of sp³-hybridized carbons (Fsp3) is 0.250. The molecule has 0 radical (unpaired) electrons. The number of hydrogen-bond donors (Lipinski definition) is 1. The summed E-state index contributed by atoms with van der Waals surface area (Å²) in [5, 5.41) is 1.66. The minimum Gasteiger partial charge on any atom is -0.389 e. The summed E-state index contributed by atoms with van der Waals surface area (Å²) in [4.78, 5) is 6.30. The van der Waals surface area contributed by atoms with Crippen LogP contribution in [0.2, 0.25) is 0 Å². The highest BCUT2D eigenvalue weighted by Crippen LogP contribution is 2.29. The summed E-state index contributed by atoms with van der Waals surface area (Å²) in [6, 6.07) is 8.50. The Morgan fingerprint density at radius 3 is 2.50 bits per heavy atom. The molecule has 0 saturated heterocycles. The van der Waals surface area contributed by atoms with E-state index in [9.17, 15) is 0 Å². The minimum atomic E-state index is 0.743. The first-order chi connectivity index (χ1) is 7.70. The molecule has 0 aliphatic rings. The van der Waals surface area contributed by atoms with Gasteiger partial charge in [0.15, 0.2) is 5.13 Å². The second-order valence-corrected chi connectivity index (χ2v) is 4.66. The average Bonchev–Trinajstić information content (AvgIpc) is 2.75. The first-order valence-electron chi connectivity index (χ1n) is 5.24. The van der Waals surface area contributed by atoms with E-state index in [-0.39, 0.29) is 0 Å². The topological polar surface area (TPSA) is 42.2 Å². The summed E-state index contributed by atoms with van der Waals surface area (Å²) in [7, 11) is 2.00. The van der Waals surface area contributed by atoms with Gasteiger partial charge in [-0.25, -0.2) is 4.98 Å². The number of nitrogens with zero attached hydrogens (tertiary/aromatic N) is 2. The van der Waals surface area contributed by atoms with E-state index in [0.717, 1.165) is 22.2 Å². The molecular weight excluding hydrogens is 218 g/mol. The van der Waals surface area contributed by atoms with Gasteiger partial charge in [-0.3, -0.25) is 0 Å². The number of hydrogen-bond acceptors (Lipinski definition) is 4. The van der Waals surface area contributed by atoms with Crippen LogP contribution in [0.15, 0.2) is 30.5 Å². The highest BCUT2D eigenvalue weighted by atomic mass is 32.1. The molecule has 4 heteroatoms. The van der Waals surface area contributed by atoms with Crippen LogP contribution in [0.3, 0.4) is 0 Å². The van der Waals surface area contributed by atoms with Gasteiger partial charge in [-0.05, 0) is 24.1 Å². The van der Waals surface area contributed by atoms with Crippen molar-refractivity contribution in [2.75, 3.05) is 17.7 Å². The zero-order valence-corrected chi connectivity index (χ0v) is 10.3. The van der Waals surface area contributed by atoms with Gasteiger partial charge >= 0.3 is 0 Å².